The second kappa shape index (κ2) is 9.80. The van der Waals surface area contributed by atoms with Crippen LogP contribution in [0.15, 0.2) is 54.6 Å². The topological polar surface area (TPSA) is 33.5 Å². The fourth-order valence-corrected chi connectivity index (χ4v) is 2.86. The molecule has 0 unspecified atom stereocenters. The van der Waals surface area contributed by atoms with Crippen LogP contribution in [0.1, 0.15) is 36.1 Å². The van der Waals surface area contributed by atoms with Gasteiger partial charge in [-0.2, -0.15) is 0 Å². The Hall–Kier alpha value is -2.39. The molecule has 0 aromatic heterocycles. The monoisotopic (exact) mass is 337 g/mol. The Kier molecular flexibility index (Phi) is 7.42. The van der Waals surface area contributed by atoms with Gasteiger partial charge in [0.25, 0.3) is 0 Å². The van der Waals surface area contributed by atoms with Gasteiger partial charge in [-0.05, 0) is 38.0 Å². The number of aryl methyl sites for hydroxylation is 1. The van der Waals surface area contributed by atoms with Crippen molar-refractivity contribution in [3.05, 3.63) is 76.9 Å². The summed E-state index contributed by atoms with van der Waals surface area (Å²) in [7, 11) is 0. The summed E-state index contributed by atoms with van der Waals surface area (Å²) in [5, 5.41) is 3.00. The lowest BCUT2D eigenvalue weighted by atomic mass is 10.1. The summed E-state index contributed by atoms with van der Waals surface area (Å²) in [5.74, 6) is -0.0634. The van der Waals surface area contributed by atoms with Crippen molar-refractivity contribution in [3.8, 4) is 0 Å². The lowest BCUT2D eigenvalue weighted by molar-refractivity contribution is -0.910. The zero-order chi connectivity index (χ0) is 18.1. The number of hydrogen-bond donors (Lipinski definition) is 2. The first-order valence-electron chi connectivity index (χ1n) is 9.05. The predicted octanol–water partition coefficient (Wildman–Crippen LogP) is 2.75. The summed E-state index contributed by atoms with van der Waals surface area (Å²) in [6, 6.07) is 16.5. The molecule has 0 atom stereocenters. The summed E-state index contributed by atoms with van der Waals surface area (Å²) in [6.45, 7) is 10.2. The van der Waals surface area contributed by atoms with Crippen LogP contribution < -0.4 is 10.2 Å². The van der Waals surface area contributed by atoms with Crippen LogP contribution in [0.2, 0.25) is 0 Å². The van der Waals surface area contributed by atoms with Gasteiger partial charge in [-0.1, -0.05) is 54.1 Å². The Morgan fingerprint density at radius 1 is 1.04 bits per heavy atom. The molecule has 3 heteroatoms. The average molecular weight is 337 g/mol. The molecule has 3 nitrogen and oxygen atoms in total. The SMILES string of the molecule is CC[NH+](CC)Cc1ccccc1CNC(=O)/C=C/c1cccc(C)c1. The molecule has 2 rings (SSSR count). The highest BCUT2D eigenvalue weighted by atomic mass is 16.1. The van der Waals surface area contributed by atoms with Crippen molar-refractivity contribution in [2.45, 2.75) is 33.9 Å². The summed E-state index contributed by atoms with van der Waals surface area (Å²) < 4.78 is 0. The number of rotatable bonds is 8. The van der Waals surface area contributed by atoms with E-state index in [1.165, 1.54) is 21.6 Å². The normalized spacial score (nSPS) is 11.2. The van der Waals surface area contributed by atoms with Crippen LogP contribution >= 0.6 is 0 Å². The lowest BCUT2D eigenvalue weighted by Crippen LogP contribution is -3.10. The van der Waals surface area contributed by atoms with Gasteiger partial charge in [0.1, 0.15) is 6.54 Å². The first-order chi connectivity index (χ1) is 12.1. The molecule has 0 saturated carbocycles. The first-order valence-corrected chi connectivity index (χ1v) is 9.05. The number of hydrogen-bond acceptors (Lipinski definition) is 1. The second-order valence-corrected chi connectivity index (χ2v) is 6.37. The van der Waals surface area contributed by atoms with E-state index in [0.717, 1.165) is 25.2 Å². The maximum absolute atomic E-state index is 12.1. The molecule has 0 spiro atoms. The Morgan fingerprint density at radius 2 is 1.76 bits per heavy atom. The van der Waals surface area contributed by atoms with Crippen molar-refractivity contribution < 1.29 is 9.69 Å². The van der Waals surface area contributed by atoms with E-state index in [2.05, 4.69) is 43.4 Å². The minimum atomic E-state index is -0.0634. The van der Waals surface area contributed by atoms with Gasteiger partial charge in [-0.3, -0.25) is 4.79 Å². The molecule has 2 N–H and O–H groups in total. The summed E-state index contributed by atoms with van der Waals surface area (Å²) >= 11 is 0. The standard InChI is InChI=1S/C22H28N2O/c1-4-24(5-2)17-21-12-7-6-11-20(21)16-23-22(25)14-13-19-10-8-9-18(3)15-19/h6-15H,4-5,16-17H2,1-3H3,(H,23,25)/p+1/b14-13+. The molecule has 25 heavy (non-hydrogen) atoms. The Bertz CT molecular complexity index is 717. The van der Waals surface area contributed by atoms with Crippen molar-refractivity contribution in [1.29, 1.82) is 0 Å². The number of carbonyl (C=O) groups excluding carboxylic acids is 1. The maximum Gasteiger partial charge on any atom is 0.244 e. The highest BCUT2D eigenvalue weighted by Gasteiger charge is 2.09. The molecule has 0 bridgehead atoms. The van der Waals surface area contributed by atoms with Crippen molar-refractivity contribution in [2.75, 3.05) is 13.1 Å². The van der Waals surface area contributed by atoms with Gasteiger partial charge in [0.2, 0.25) is 5.91 Å². The van der Waals surface area contributed by atoms with Crippen molar-refractivity contribution in [1.82, 2.24) is 5.32 Å². The van der Waals surface area contributed by atoms with E-state index in [1.54, 1.807) is 6.08 Å². The van der Waals surface area contributed by atoms with Crippen LogP contribution in [-0.4, -0.2) is 19.0 Å². The zero-order valence-electron chi connectivity index (χ0n) is 15.5. The maximum atomic E-state index is 12.1. The van der Waals surface area contributed by atoms with Crippen molar-refractivity contribution in [2.24, 2.45) is 0 Å². The smallest absolute Gasteiger partial charge is 0.244 e. The van der Waals surface area contributed by atoms with Gasteiger partial charge in [0, 0.05) is 18.2 Å². The van der Waals surface area contributed by atoms with E-state index in [-0.39, 0.29) is 5.91 Å². The number of quaternary nitrogens is 1. The minimum absolute atomic E-state index is 0.0634. The molecule has 2 aromatic rings. The van der Waals surface area contributed by atoms with Gasteiger partial charge in [-0.15, -0.1) is 0 Å². The summed E-state index contributed by atoms with van der Waals surface area (Å²) in [5.41, 5.74) is 4.74. The van der Waals surface area contributed by atoms with Gasteiger partial charge < -0.3 is 10.2 Å². The third kappa shape index (κ3) is 6.20. The van der Waals surface area contributed by atoms with E-state index >= 15 is 0 Å². The molecule has 1 amide bonds. The van der Waals surface area contributed by atoms with Gasteiger partial charge in [-0.25, -0.2) is 0 Å². The van der Waals surface area contributed by atoms with Crippen molar-refractivity contribution >= 4 is 12.0 Å². The summed E-state index contributed by atoms with van der Waals surface area (Å²) in [4.78, 5) is 13.7. The molecule has 0 radical (unpaired) electrons. The molecule has 0 fully saturated rings. The van der Waals surface area contributed by atoms with Crippen LogP contribution in [0.4, 0.5) is 0 Å². The van der Waals surface area contributed by atoms with Crippen LogP contribution in [0.3, 0.4) is 0 Å². The minimum Gasteiger partial charge on any atom is -0.348 e. The van der Waals surface area contributed by atoms with E-state index in [0.29, 0.717) is 6.54 Å². The van der Waals surface area contributed by atoms with Crippen LogP contribution in [-0.2, 0) is 17.9 Å². The fourth-order valence-electron chi connectivity index (χ4n) is 2.86. The van der Waals surface area contributed by atoms with Gasteiger partial charge in [0.05, 0.1) is 13.1 Å². The molecule has 0 aliphatic rings. The highest BCUT2D eigenvalue weighted by molar-refractivity contribution is 5.91. The molecule has 132 valence electrons. The Morgan fingerprint density at radius 3 is 2.44 bits per heavy atom. The Labute approximate surface area is 151 Å². The van der Waals surface area contributed by atoms with E-state index in [4.69, 9.17) is 0 Å². The first kappa shape index (κ1) is 18.9. The average Bonchev–Trinajstić information content (AvgIpc) is 2.63. The number of carbonyl (C=O) groups is 1. The van der Waals surface area contributed by atoms with E-state index < -0.39 is 0 Å². The zero-order valence-corrected chi connectivity index (χ0v) is 15.5. The van der Waals surface area contributed by atoms with Crippen LogP contribution in [0.5, 0.6) is 0 Å². The number of amides is 1. The second-order valence-electron chi connectivity index (χ2n) is 6.37. The van der Waals surface area contributed by atoms with Crippen LogP contribution in [0.25, 0.3) is 6.08 Å². The van der Waals surface area contributed by atoms with E-state index in [1.807, 2.05) is 37.3 Å². The number of benzene rings is 2. The number of nitrogens with one attached hydrogen (secondary N) is 2. The highest BCUT2D eigenvalue weighted by Crippen LogP contribution is 2.08. The predicted molar refractivity (Wildman–Crippen MR) is 104 cm³/mol. The molecular weight excluding hydrogens is 308 g/mol. The third-order valence-corrected chi connectivity index (χ3v) is 4.48. The quantitative estimate of drug-likeness (QED) is 0.714. The van der Waals surface area contributed by atoms with Gasteiger partial charge >= 0.3 is 0 Å². The molecule has 0 aliphatic heterocycles. The van der Waals surface area contributed by atoms with Crippen molar-refractivity contribution in [3.63, 3.8) is 0 Å². The molecule has 0 saturated heterocycles. The van der Waals surface area contributed by atoms with Gasteiger partial charge in [0.15, 0.2) is 0 Å². The van der Waals surface area contributed by atoms with Crippen LogP contribution in [0, 0.1) is 6.92 Å². The largest absolute Gasteiger partial charge is 0.348 e. The van der Waals surface area contributed by atoms with E-state index in [9.17, 15) is 4.79 Å². The third-order valence-electron chi connectivity index (χ3n) is 4.48. The fraction of sp³-hybridized carbons (Fsp3) is 0.318. The summed E-state index contributed by atoms with van der Waals surface area (Å²) in [6.07, 6.45) is 3.46. The Balaban J connectivity index is 1.95. The molecular formula is C22H29N2O+. The lowest BCUT2D eigenvalue weighted by Gasteiger charge is -2.17. The molecule has 0 aliphatic carbocycles. The molecule has 2 aromatic carbocycles. The molecule has 0 heterocycles.